The summed E-state index contributed by atoms with van der Waals surface area (Å²) >= 11 is 0. The van der Waals surface area contributed by atoms with Gasteiger partial charge in [-0.1, -0.05) is 55.5 Å². The molecule has 0 spiro atoms. The van der Waals surface area contributed by atoms with Gasteiger partial charge in [0.25, 0.3) is 0 Å². The lowest BCUT2D eigenvalue weighted by Crippen LogP contribution is -2.20. The van der Waals surface area contributed by atoms with Crippen molar-refractivity contribution in [2.75, 3.05) is 13.7 Å². The van der Waals surface area contributed by atoms with Crippen molar-refractivity contribution < 1.29 is 14.6 Å². The van der Waals surface area contributed by atoms with Gasteiger partial charge in [-0.15, -0.1) is 0 Å². The van der Waals surface area contributed by atoms with Crippen LogP contribution >= 0.6 is 0 Å². The topological polar surface area (TPSA) is 38.7 Å². The molecule has 0 amide bonds. The van der Waals surface area contributed by atoms with Crippen molar-refractivity contribution in [2.24, 2.45) is 5.92 Å². The monoisotopic (exact) mass is 326 g/mol. The molecule has 3 heteroatoms. The number of aliphatic hydroxyl groups is 1. The first kappa shape index (κ1) is 18.2. The Morgan fingerprint density at radius 2 is 1.75 bits per heavy atom. The number of aliphatic hydroxyl groups excluding tert-OH is 1. The summed E-state index contributed by atoms with van der Waals surface area (Å²) in [4.78, 5) is 0. The summed E-state index contributed by atoms with van der Waals surface area (Å²) in [6.07, 6.45) is 1.37. The van der Waals surface area contributed by atoms with E-state index in [1.165, 1.54) is 0 Å². The molecule has 2 rings (SSSR count). The lowest BCUT2D eigenvalue weighted by molar-refractivity contribution is 0.0473. The average Bonchev–Trinajstić information content (AvgIpc) is 2.62. The SMILES string of the molecule is COc1ccc(COC[C@H](C)[C@H](O)/C=C(\C)c2ccccc2)cc1. The summed E-state index contributed by atoms with van der Waals surface area (Å²) in [7, 11) is 1.65. The van der Waals surface area contributed by atoms with Crippen molar-refractivity contribution >= 4 is 5.57 Å². The minimum Gasteiger partial charge on any atom is -0.497 e. The Morgan fingerprint density at radius 1 is 1.08 bits per heavy atom. The largest absolute Gasteiger partial charge is 0.497 e. The maximum atomic E-state index is 10.3. The molecule has 128 valence electrons. The molecule has 2 aromatic carbocycles. The van der Waals surface area contributed by atoms with E-state index < -0.39 is 6.10 Å². The molecule has 3 nitrogen and oxygen atoms in total. The standard InChI is InChI=1S/C21H26O3/c1-16(19-7-5-4-6-8-19)13-21(22)17(2)14-24-15-18-9-11-20(23-3)12-10-18/h4-13,17,21-22H,14-15H2,1-3H3/b16-13+/t17-,21+/m0/s1. The Balaban J connectivity index is 1.81. The first-order valence-corrected chi connectivity index (χ1v) is 8.22. The third kappa shape index (κ3) is 5.52. The fraction of sp³-hybridized carbons (Fsp3) is 0.333. The molecule has 0 unspecified atom stereocenters. The molecular weight excluding hydrogens is 300 g/mol. The summed E-state index contributed by atoms with van der Waals surface area (Å²) < 4.78 is 10.9. The second-order valence-electron chi connectivity index (χ2n) is 6.05. The summed E-state index contributed by atoms with van der Waals surface area (Å²) in [6.45, 7) is 5.05. The van der Waals surface area contributed by atoms with Crippen LogP contribution in [-0.4, -0.2) is 24.9 Å². The maximum Gasteiger partial charge on any atom is 0.118 e. The van der Waals surface area contributed by atoms with E-state index >= 15 is 0 Å². The summed E-state index contributed by atoms with van der Waals surface area (Å²) in [5.74, 6) is 0.867. The first-order chi connectivity index (χ1) is 11.6. The predicted octanol–water partition coefficient (Wildman–Crippen LogP) is 4.31. The van der Waals surface area contributed by atoms with Gasteiger partial charge in [0.15, 0.2) is 0 Å². The van der Waals surface area contributed by atoms with Gasteiger partial charge in [0.05, 0.1) is 26.4 Å². The van der Waals surface area contributed by atoms with E-state index in [2.05, 4.69) is 0 Å². The average molecular weight is 326 g/mol. The summed E-state index contributed by atoms with van der Waals surface area (Å²) in [5, 5.41) is 10.3. The van der Waals surface area contributed by atoms with Crippen LogP contribution in [0.5, 0.6) is 5.75 Å². The molecule has 0 heterocycles. The van der Waals surface area contributed by atoms with Gasteiger partial charge in [-0.3, -0.25) is 0 Å². The van der Waals surface area contributed by atoms with Gasteiger partial charge < -0.3 is 14.6 Å². The molecule has 24 heavy (non-hydrogen) atoms. The minimum atomic E-state index is -0.527. The predicted molar refractivity (Wildman–Crippen MR) is 97.9 cm³/mol. The molecule has 2 atom stereocenters. The fourth-order valence-corrected chi connectivity index (χ4v) is 2.40. The van der Waals surface area contributed by atoms with Crippen LogP contribution in [0.25, 0.3) is 5.57 Å². The molecular formula is C21H26O3. The van der Waals surface area contributed by atoms with E-state index in [-0.39, 0.29) is 5.92 Å². The summed E-state index contributed by atoms with van der Waals surface area (Å²) in [5.41, 5.74) is 3.29. The molecule has 0 aliphatic rings. The van der Waals surface area contributed by atoms with Gasteiger partial charge in [-0.25, -0.2) is 0 Å². The van der Waals surface area contributed by atoms with Crippen LogP contribution in [-0.2, 0) is 11.3 Å². The zero-order valence-electron chi connectivity index (χ0n) is 14.6. The quantitative estimate of drug-likeness (QED) is 0.785. The zero-order chi connectivity index (χ0) is 17.4. The number of rotatable bonds is 8. The number of hydrogen-bond donors (Lipinski definition) is 1. The van der Waals surface area contributed by atoms with Crippen molar-refractivity contribution in [3.05, 3.63) is 71.8 Å². The normalized spacial score (nSPS) is 14.2. The van der Waals surface area contributed by atoms with E-state index in [1.807, 2.05) is 74.5 Å². The number of hydrogen-bond acceptors (Lipinski definition) is 3. The van der Waals surface area contributed by atoms with Crippen LogP contribution in [0.3, 0.4) is 0 Å². The number of allylic oxidation sites excluding steroid dienone is 1. The first-order valence-electron chi connectivity index (χ1n) is 8.22. The van der Waals surface area contributed by atoms with E-state index in [0.717, 1.165) is 22.4 Å². The molecule has 0 fully saturated rings. The Hall–Kier alpha value is -2.10. The van der Waals surface area contributed by atoms with E-state index in [1.54, 1.807) is 7.11 Å². The third-order valence-electron chi connectivity index (χ3n) is 4.04. The van der Waals surface area contributed by atoms with Crippen molar-refractivity contribution in [3.63, 3.8) is 0 Å². The van der Waals surface area contributed by atoms with Gasteiger partial charge in [0.2, 0.25) is 0 Å². The highest BCUT2D eigenvalue weighted by Crippen LogP contribution is 2.17. The van der Waals surface area contributed by atoms with Gasteiger partial charge >= 0.3 is 0 Å². The number of ether oxygens (including phenoxy) is 2. The van der Waals surface area contributed by atoms with Gasteiger partial charge in [-0.05, 0) is 35.8 Å². The molecule has 0 radical (unpaired) electrons. The fourth-order valence-electron chi connectivity index (χ4n) is 2.40. The molecule has 2 aromatic rings. The van der Waals surface area contributed by atoms with Crippen molar-refractivity contribution in [1.82, 2.24) is 0 Å². The Labute approximate surface area is 144 Å². The Kier molecular flexibility index (Phi) is 7.04. The molecule has 0 saturated heterocycles. The summed E-state index contributed by atoms with van der Waals surface area (Å²) in [6, 6.07) is 17.9. The van der Waals surface area contributed by atoms with Crippen LogP contribution in [0.1, 0.15) is 25.0 Å². The maximum absolute atomic E-state index is 10.3. The lowest BCUT2D eigenvalue weighted by atomic mass is 10.00. The van der Waals surface area contributed by atoms with Crippen molar-refractivity contribution in [1.29, 1.82) is 0 Å². The highest BCUT2D eigenvalue weighted by Gasteiger charge is 2.12. The molecule has 1 N–H and O–H groups in total. The number of benzene rings is 2. The Morgan fingerprint density at radius 3 is 2.38 bits per heavy atom. The number of methoxy groups -OCH3 is 1. The minimum absolute atomic E-state index is 0.0295. The Bertz CT molecular complexity index is 632. The second kappa shape index (κ2) is 9.26. The van der Waals surface area contributed by atoms with Gasteiger partial charge in [0, 0.05) is 5.92 Å². The van der Waals surface area contributed by atoms with E-state index in [9.17, 15) is 5.11 Å². The van der Waals surface area contributed by atoms with Crippen LogP contribution in [0.15, 0.2) is 60.7 Å². The second-order valence-corrected chi connectivity index (χ2v) is 6.05. The third-order valence-corrected chi connectivity index (χ3v) is 4.04. The highest BCUT2D eigenvalue weighted by molar-refractivity contribution is 5.63. The van der Waals surface area contributed by atoms with E-state index in [4.69, 9.17) is 9.47 Å². The molecule has 0 aromatic heterocycles. The van der Waals surface area contributed by atoms with Gasteiger partial charge in [0.1, 0.15) is 5.75 Å². The highest BCUT2D eigenvalue weighted by atomic mass is 16.5. The van der Waals surface area contributed by atoms with Crippen LogP contribution in [0, 0.1) is 5.92 Å². The zero-order valence-corrected chi connectivity index (χ0v) is 14.6. The molecule has 0 bridgehead atoms. The van der Waals surface area contributed by atoms with Crippen molar-refractivity contribution in [2.45, 2.75) is 26.6 Å². The lowest BCUT2D eigenvalue weighted by Gasteiger charge is -2.17. The van der Waals surface area contributed by atoms with E-state index in [0.29, 0.717) is 13.2 Å². The van der Waals surface area contributed by atoms with Crippen LogP contribution in [0.2, 0.25) is 0 Å². The van der Waals surface area contributed by atoms with Crippen molar-refractivity contribution in [3.8, 4) is 5.75 Å². The molecule has 0 saturated carbocycles. The molecule has 0 aliphatic heterocycles. The molecule has 0 aliphatic carbocycles. The van der Waals surface area contributed by atoms with Crippen LogP contribution in [0.4, 0.5) is 0 Å². The van der Waals surface area contributed by atoms with Crippen LogP contribution < -0.4 is 4.74 Å². The smallest absolute Gasteiger partial charge is 0.118 e. The van der Waals surface area contributed by atoms with Gasteiger partial charge in [-0.2, -0.15) is 0 Å².